The first-order valence-corrected chi connectivity index (χ1v) is 14.0. The van der Waals surface area contributed by atoms with Gasteiger partial charge in [-0.05, 0) is 62.4 Å². The molecule has 2 heterocycles. The summed E-state index contributed by atoms with van der Waals surface area (Å²) in [5, 5.41) is 6.05. The van der Waals surface area contributed by atoms with Crippen LogP contribution in [0.25, 0.3) is 15.9 Å². The van der Waals surface area contributed by atoms with Crippen LogP contribution in [-0.4, -0.2) is 27.4 Å². The summed E-state index contributed by atoms with van der Waals surface area (Å²) in [4.78, 5) is 33.2. The molecule has 0 bridgehead atoms. The Bertz CT molecular complexity index is 1520. The van der Waals surface area contributed by atoms with Gasteiger partial charge in [-0.25, -0.2) is 10.4 Å². The van der Waals surface area contributed by atoms with Gasteiger partial charge < -0.3 is 0 Å². The van der Waals surface area contributed by atoms with Crippen LogP contribution in [0.3, 0.4) is 0 Å². The largest absolute Gasteiger partial charge is 0.272 e. The maximum Gasteiger partial charge on any atom is 0.267 e. The van der Waals surface area contributed by atoms with Crippen LogP contribution in [0, 0.1) is 6.92 Å². The third kappa shape index (κ3) is 5.09. The monoisotopic (exact) mass is 556 g/mol. The smallest absolute Gasteiger partial charge is 0.267 e. The molecule has 0 spiro atoms. The number of hydrogen-bond acceptors (Lipinski definition) is 6. The highest BCUT2D eigenvalue weighted by molar-refractivity contribution is 7.99. The molecule has 1 amide bonds. The van der Waals surface area contributed by atoms with Crippen molar-refractivity contribution in [3.05, 3.63) is 84.4 Å². The van der Waals surface area contributed by atoms with Gasteiger partial charge in [-0.15, -0.1) is 11.3 Å². The molecule has 0 saturated heterocycles. The predicted molar refractivity (Wildman–Crippen MR) is 150 cm³/mol. The van der Waals surface area contributed by atoms with Gasteiger partial charge >= 0.3 is 0 Å². The number of aromatic nitrogens is 2. The van der Waals surface area contributed by atoms with Gasteiger partial charge in [-0.1, -0.05) is 58.7 Å². The fourth-order valence-corrected chi connectivity index (χ4v) is 6.77. The summed E-state index contributed by atoms with van der Waals surface area (Å²) in [6.45, 7) is 2.00. The minimum atomic E-state index is -0.338. The third-order valence-corrected chi connectivity index (χ3v) is 8.75. The molecule has 36 heavy (non-hydrogen) atoms. The van der Waals surface area contributed by atoms with E-state index in [-0.39, 0.29) is 17.2 Å². The van der Waals surface area contributed by atoms with Gasteiger partial charge in [0.15, 0.2) is 5.16 Å². The van der Waals surface area contributed by atoms with Gasteiger partial charge in [0.1, 0.15) is 4.83 Å². The summed E-state index contributed by atoms with van der Waals surface area (Å²) in [5.74, 6) is -0.308. The Balaban J connectivity index is 1.43. The maximum atomic E-state index is 13.8. The molecule has 5 rings (SSSR count). The third-order valence-electron chi connectivity index (χ3n) is 5.97. The van der Waals surface area contributed by atoms with E-state index in [2.05, 4.69) is 10.5 Å². The lowest BCUT2D eigenvalue weighted by Crippen LogP contribution is -2.24. The summed E-state index contributed by atoms with van der Waals surface area (Å²) in [5.41, 5.74) is 5.90. The first-order chi connectivity index (χ1) is 17.4. The lowest BCUT2D eigenvalue weighted by Gasteiger charge is -2.13. The molecule has 1 N–H and O–H groups in total. The first kappa shape index (κ1) is 25.0. The minimum absolute atomic E-state index is 0.0302. The Kier molecular flexibility index (Phi) is 7.48. The van der Waals surface area contributed by atoms with E-state index < -0.39 is 0 Å². The second-order valence-corrected chi connectivity index (χ2v) is 11.3. The fraction of sp³-hybridized carbons (Fsp3) is 0.231. The van der Waals surface area contributed by atoms with E-state index in [0.29, 0.717) is 26.2 Å². The molecule has 2 aromatic carbocycles. The number of nitrogens with one attached hydrogen (secondary N) is 1. The fourth-order valence-electron chi connectivity index (χ4n) is 4.17. The van der Waals surface area contributed by atoms with Crippen LogP contribution >= 0.6 is 46.3 Å². The number of carbonyl (C=O) groups excluding carboxylic acids is 1. The Hall–Kier alpha value is -2.65. The highest BCUT2D eigenvalue weighted by atomic mass is 35.5. The molecule has 10 heteroatoms. The van der Waals surface area contributed by atoms with Crippen LogP contribution in [0.2, 0.25) is 10.0 Å². The number of aryl methyl sites for hydroxylation is 3. The number of nitrogens with zero attached hydrogens (tertiary/aromatic N) is 3. The van der Waals surface area contributed by atoms with Gasteiger partial charge in [-0.2, -0.15) is 5.10 Å². The van der Waals surface area contributed by atoms with Crippen molar-refractivity contribution in [1.82, 2.24) is 15.0 Å². The highest BCUT2D eigenvalue weighted by Gasteiger charge is 2.23. The average molecular weight is 558 g/mol. The molecule has 1 aliphatic carbocycles. The van der Waals surface area contributed by atoms with E-state index in [0.717, 1.165) is 47.3 Å². The molecule has 4 aromatic rings. The van der Waals surface area contributed by atoms with Crippen molar-refractivity contribution in [2.45, 2.75) is 37.8 Å². The number of rotatable bonds is 6. The van der Waals surface area contributed by atoms with Crippen molar-refractivity contribution in [1.29, 1.82) is 0 Å². The normalized spacial score (nSPS) is 13.3. The summed E-state index contributed by atoms with van der Waals surface area (Å²) in [6, 6.07) is 12.9. The molecule has 0 aliphatic heterocycles. The van der Waals surface area contributed by atoms with E-state index in [1.54, 1.807) is 34.1 Å². The Morgan fingerprint density at radius 1 is 1.17 bits per heavy atom. The molecular weight excluding hydrogens is 535 g/mol. The molecule has 0 saturated carbocycles. The number of halogens is 2. The SMILES string of the molecule is Cc1ccc(-n2c(SCC(=O)NN=Cc3c(Cl)cccc3Cl)nc3sc4c(c3c2=O)CCCC4)cc1. The molecule has 6 nitrogen and oxygen atoms in total. The lowest BCUT2D eigenvalue weighted by atomic mass is 9.97. The summed E-state index contributed by atoms with van der Waals surface area (Å²) >= 11 is 15.1. The quantitative estimate of drug-likeness (QED) is 0.133. The summed E-state index contributed by atoms with van der Waals surface area (Å²) in [6.07, 6.45) is 5.52. The first-order valence-electron chi connectivity index (χ1n) is 11.5. The van der Waals surface area contributed by atoms with E-state index in [9.17, 15) is 9.59 Å². The number of fused-ring (bicyclic) bond motifs is 3. The second kappa shape index (κ2) is 10.8. The summed E-state index contributed by atoms with van der Waals surface area (Å²) < 4.78 is 1.62. The van der Waals surface area contributed by atoms with Crippen LogP contribution in [0.1, 0.15) is 34.4 Å². The van der Waals surface area contributed by atoms with Crippen LogP contribution < -0.4 is 11.0 Å². The standard InChI is InChI=1S/C26H22Cl2N4O2S2/c1-15-9-11-16(12-10-15)32-25(34)23-17-5-2-3-8-21(17)36-24(23)30-26(32)35-14-22(33)31-29-13-18-19(27)6-4-7-20(18)28/h4,6-7,9-13H,2-3,5,8,14H2,1H3,(H,31,33). The molecule has 1 aliphatic rings. The van der Waals surface area contributed by atoms with E-state index in [1.807, 2.05) is 31.2 Å². The van der Waals surface area contributed by atoms with Crippen molar-refractivity contribution in [3.63, 3.8) is 0 Å². The number of hydrogen-bond donors (Lipinski definition) is 1. The molecule has 0 fully saturated rings. The van der Waals surface area contributed by atoms with Crippen LogP contribution in [0.5, 0.6) is 0 Å². The van der Waals surface area contributed by atoms with Crippen LogP contribution in [0.15, 0.2) is 57.5 Å². The van der Waals surface area contributed by atoms with Crippen molar-refractivity contribution in [3.8, 4) is 5.69 Å². The highest BCUT2D eigenvalue weighted by Crippen LogP contribution is 2.35. The lowest BCUT2D eigenvalue weighted by molar-refractivity contribution is -0.118. The number of amides is 1. The second-order valence-electron chi connectivity index (χ2n) is 8.48. The molecule has 0 radical (unpaired) electrons. The zero-order valence-electron chi connectivity index (χ0n) is 19.4. The van der Waals surface area contributed by atoms with E-state index in [4.69, 9.17) is 28.2 Å². The topological polar surface area (TPSA) is 76.3 Å². The van der Waals surface area contributed by atoms with Crippen molar-refractivity contribution in [2.75, 3.05) is 5.75 Å². The molecule has 2 aromatic heterocycles. The van der Waals surface area contributed by atoms with Crippen molar-refractivity contribution >= 4 is 68.6 Å². The Labute approximate surface area is 226 Å². The number of hydrazone groups is 1. The predicted octanol–water partition coefficient (Wildman–Crippen LogP) is 6.18. The Morgan fingerprint density at radius 2 is 1.89 bits per heavy atom. The molecular formula is C26H22Cl2N4O2S2. The minimum Gasteiger partial charge on any atom is -0.272 e. The zero-order chi connectivity index (χ0) is 25.2. The van der Waals surface area contributed by atoms with Crippen LogP contribution in [-0.2, 0) is 17.6 Å². The maximum absolute atomic E-state index is 13.8. The van der Waals surface area contributed by atoms with Gasteiger partial charge in [-0.3, -0.25) is 14.2 Å². The number of benzene rings is 2. The zero-order valence-corrected chi connectivity index (χ0v) is 22.5. The molecule has 184 valence electrons. The van der Waals surface area contributed by atoms with Crippen molar-refractivity contribution < 1.29 is 4.79 Å². The van der Waals surface area contributed by atoms with Gasteiger partial charge in [0.05, 0.1) is 33.1 Å². The number of thioether (sulfide) groups is 1. The van der Waals surface area contributed by atoms with Gasteiger partial charge in [0.25, 0.3) is 11.5 Å². The molecule has 0 atom stereocenters. The van der Waals surface area contributed by atoms with Gasteiger partial charge in [0, 0.05) is 10.4 Å². The van der Waals surface area contributed by atoms with Crippen molar-refractivity contribution in [2.24, 2.45) is 5.10 Å². The number of carbonyl (C=O) groups is 1. The Morgan fingerprint density at radius 3 is 2.64 bits per heavy atom. The van der Waals surface area contributed by atoms with Crippen LogP contribution in [0.4, 0.5) is 0 Å². The molecule has 0 unspecified atom stereocenters. The summed E-state index contributed by atoms with van der Waals surface area (Å²) in [7, 11) is 0. The van der Waals surface area contributed by atoms with Gasteiger partial charge in [0.2, 0.25) is 0 Å². The number of thiophene rings is 1. The van der Waals surface area contributed by atoms with E-state index >= 15 is 0 Å². The van der Waals surface area contributed by atoms with E-state index in [1.165, 1.54) is 22.9 Å². The average Bonchev–Trinajstić information content (AvgIpc) is 3.24.